The van der Waals surface area contributed by atoms with Crippen LogP contribution in [0.5, 0.6) is 0 Å². The van der Waals surface area contributed by atoms with Crippen LogP contribution in [0, 0.1) is 11.3 Å². The van der Waals surface area contributed by atoms with E-state index in [0.29, 0.717) is 32.0 Å². The van der Waals surface area contributed by atoms with Gasteiger partial charge >= 0.3 is 6.09 Å². The maximum atomic E-state index is 14.0. The van der Waals surface area contributed by atoms with Crippen molar-refractivity contribution in [1.82, 2.24) is 19.8 Å². The fourth-order valence-corrected chi connectivity index (χ4v) is 9.73. The molecule has 3 fully saturated rings. The van der Waals surface area contributed by atoms with Gasteiger partial charge in [-0.2, -0.15) is 0 Å². The molecule has 2 amide bonds. The van der Waals surface area contributed by atoms with E-state index < -0.39 is 13.7 Å². The third kappa shape index (κ3) is 8.86. The summed E-state index contributed by atoms with van der Waals surface area (Å²) in [4.78, 5) is 46.3. The van der Waals surface area contributed by atoms with Crippen LogP contribution in [0.2, 0.25) is 25.7 Å². The van der Waals surface area contributed by atoms with Gasteiger partial charge in [0.2, 0.25) is 5.91 Å². The van der Waals surface area contributed by atoms with Crippen molar-refractivity contribution in [3.05, 3.63) is 41.3 Å². The van der Waals surface area contributed by atoms with E-state index in [9.17, 15) is 14.4 Å². The van der Waals surface area contributed by atoms with Crippen LogP contribution in [0.4, 0.5) is 4.79 Å². The summed E-state index contributed by atoms with van der Waals surface area (Å²) in [6.45, 7) is 15.8. The number of hydrogen-bond donors (Lipinski definition) is 1. The molecule has 1 N–H and O–H groups in total. The van der Waals surface area contributed by atoms with Crippen LogP contribution in [0.15, 0.2) is 24.4 Å². The molecule has 3 heterocycles. The first-order chi connectivity index (χ1) is 24.7. The standard InChI is InChI=1S/C42H64N4O5Si/c1-8-30(47)15-11-9-12-16-34(44-39(48)33-26-42(33)21-13-10-14-22-42)38-43-27-37(45(38)28-50-23-24-52(5,6)7)29-17-18-31-32(25-29)36-20-19-35(31)46(36)40(49)51-41(2,3)4/h17-18,25,27,33-36H,8-16,19-24,26,28H2,1-7H3,(H,44,48)/t33-,34+,35?,36?/m1/s1. The molecule has 1 aromatic heterocycles. The number of aromatic nitrogens is 2. The van der Waals surface area contributed by atoms with E-state index in [1.165, 1.54) is 30.4 Å². The number of carbonyl (C=O) groups is 3. The highest BCUT2D eigenvalue weighted by molar-refractivity contribution is 6.76. The van der Waals surface area contributed by atoms with Gasteiger partial charge < -0.3 is 19.4 Å². The molecule has 2 saturated carbocycles. The van der Waals surface area contributed by atoms with Gasteiger partial charge in [-0.3, -0.25) is 14.5 Å². The normalized spacial score (nSPS) is 22.4. The van der Waals surface area contributed by atoms with Crippen LogP contribution in [0.1, 0.15) is 153 Å². The smallest absolute Gasteiger partial charge is 0.411 e. The van der Waals surface area contributed by atoms with E-state index in [1.54, 1.807) is 0 Å². The topological polar surface area (TPSA) is 103 Å². The molecule has 1 spiro atoms. The summed E-state index contributed by atoms with van der Waals surface area (Å²) in [6.07, 6.45) is 15.3. The molecule has 0 radical (unpaired) electrons. The van der Waals surface area contributed by atoms with Crippen LogP contribution >= 0.6 is 0 Å². The SMILES string of the molecule is CCC(=O)CCCCC[C@H](NC(=O)[C@H]1CC12CCCCC2)c1ncc(-c2ccc3c(c2)C2CCC3N2C(=O)OC(C)(C)C)n1COCC[Si](C)(C)C. The molecule has 4 aliphatic rings. The minimum Gasteiger partial charge on any atom is -0.444 e. The fourth-order valence-electron chi connectivity index (χ4n) is 8.97. The number of hydrogen-bond acceptors (Lipinski definition) is 6. The van der Waals surface area contributed by atoms with Crippen molar-refractivity contribution in [3.63, 3.8) is 0 Å². The fraction of sp³-hybridized carbons (Fsp3) is 0.714. The number of ether oxygens (including phenoxy) is 2. The van der Waals surface area contributed by atoms with Gasteiger partial charge in [-0.15, -0.1) is 0 Å². The first-order valence-electron chi connectivity index (χ1n) is 20.3. The number of amides is 2. The van der Waals surface area contributed by atoms with Gasteiger partial charge in [0.25, 0.3) is 0 Å². The van der Waals surface area contributed by atoms with E-state index in [1.807, 2.05) is 38.8 Å². The third-order valence-corrected chi connectivity index (χ3v) is 13.7. The predicted octanol–water partition coefficient (Wildman–Crippen LogP) is 10.0. The zero-order chi connectivity index (χ0) is 37.3. The number of benzene rings is 1. The summed E-state index contributed by atoms with van der Waals surface area (Å²) in [7, 11) is -1.30. The molecule has 2 aromatic rings. The Bertz CT molecular complexity index is 1600. The maximum absolute atomic E-state index is 14.0. The largest absolute Gasteiger partial charge is 0.444 e. The molecule has 10 heteroatoms. The Balaban J connectivity index is 1.28. The Morgan fingerprint density at radius 2 is 1.75 bits per heavy atom. The molecule has 6 rings (SSSR count). The Hall–Kier alpha value is -2.98. The van der Waals surface area contributed by atoms with Gasteiger partial charge in [-0.05, 0) is 94.4 Å². The Labute approximate surface area is 313 Å². The van der Waals surface area contributed by atoms with Crippen LogP contribution in [0.25, 0.3) is 11.3 Å². The number of unbranched alkanes of at least 4 members (excludes halogenated alkanes) is 2. The molecule has 1 saturated heterocycles. The van der Waals surface area contributed by atoms with Crippen molar-refractivity contribution in [2.45, 2.75) is 174 Å². The van der Waals surface area contributed by atoms with Crippen LogP contribution in [-0.2, 0) is 25.8 Å². The second-order valence-electron chi connectivity index (χ2n) is 18.4. The van der Waals surface area contributed by atoms with Crippen molar-refractivity contribution in [2.24, 2.45) is 11.3 Å². The lowest BCUT2D eigenvalue weighted by atomic mass is 9.84. The molecule has 2 bridgehead atoms. The van der Waals surface area contributed by atoms with Gasteiger partial charge in [0.1, 0.15) is 23.9 Å². The van der Waals surface area contributed by atoms with E-state index in [-0.39, 0.29) is 41.5 Å². The summed E-state index contributed by atoms with van der Waals surface area (Å²) < 4.78 is 14.4. The molecular formula is C42H64N4O5Si. The van der Waals surface area contributed by atoms with Gasteiger partial charge in [-0.25, -0.2) is 9.78 Å². The van der Waals surface area contributed by atoms with Gasteiger partial charge in [0.05, 0.1) is 30.0 Å². The third-order valence-electron chi connectivity index (χ3n) is 12.0. The molecule has 52 heavy (non-hydrogen) atoms. The summed E-state index contributed by atoms with van der Waals surface area (Å²) >= 11 is 0. The summed E-state index contributed by atoms with van der Waals surface area (Å²) in [6, 6.07) is 7.43. The summed E-state index contributed by atoms with van der Waals surface area (Å²) in [5.41, 5.74) is 4.03. The quantitative estimate of drug-likeness (QED) is 0.136. The van der Waals surface area contributed by atoms with Gasteiger partial charge in [-0.1, -0.05) is 70.8 Å². The molecule has 2 unspecified atom stereocenters. The number of carbonyl (C=O) groups excluding carboxylic acids is 3. The van der Waals surface area contributed by atoms with Crippen LogP contribution < -0.4 is 5.32 Å². The molecule has 1 aromatic carbocycles. The van der Waals surface area contributed by atoms with Crippen molar-refractivity contribution >= 4 is 25.9 Å². The average Bonchev–Trinajstić information content (AvgIpc) is 3.39. The molecule has 286 valence electrons. The number of ketones is 1. The number of Topliss-reactive ketones (excluding diaryl/α,β-unsaturated/α-hetero) is 1. The van der Waals surface area contributed by atoms with Crippen LogP contribution in [0.3, 0.4) is 0 Å². The Morgan fingerprint density at radius 1 is 1.02 bits per heavy atom. The van der Waals surface area contributed by atoms with Gasteiger partial charge in [0, 0.05) is 39.0 Å². The van der Waals surface area contributed by atoms with E-state index in [0.717, 1.165) is 80.9 Å². The van der Waals surface area contributed by atoms with Crippen molar-refractivity contribution in [2.75, 3.05) is 6.61 Å². The zero-order valence-corrected chi connectivity index (χ0v) is 34.0. The molecular weight excluding hydrogens is 669 g/mol. The van der Waals surface area contributed by atoms with Gasteiger partial charge in [0.15, 0.2) is 0 Å². The Morgan fingerprint density at radius 3 is 2.44 bits per heavy atom. The first kappa shape index (κ1) is 38.7. The van der Waals surface area contributed by atoms with E-state index in [4.69, 9.17) is 14.5 Å². The highest BCUT2D eigenvalue weighted by Gasteiger charge is 2.57. The summed E-state index contributed by atoms with van der Waals surface area (Å²) in [5.74, 6) is 1.40. The van der Waals surface area contributed by atoms with Crippen molar-refractivity contribution in [1.29, 1.82) is 0 Å². The van der Waals surface area contributed by atoms with Crippen molar-refractivity contribution < 1.29 is 23.9 Å². The second-order valence-corrected chi connectivity index (χ2v) is 24.0. The lowest BCUT2D eigenvalue weighted by Crippen LogP contribution is -2.34. The zero-order valence-electron chi connectivity index (χ0n) is 33.0. The lowest BCUT2D eigenvalue weighted by molar-refractivity contribution is -0.124. The molecule has 2 aliphatic carbocycles. The number of fused-ring (bicyclic) bond motifs is 5. The van der Waals surface area contributed by atoms with E-state index in [2.05, 4.69) is 47.7 Å². The minimum absolute atomic E-state index is 0.00378. The number of nitrogens with one attached hydrogen (secondary N) is 1. The van der Waals surface area contributed by atoms with Crippen molar-refractivity contribution in [3.8, 4) is 11.3 Å². The lowest BCUT2D eigenvalue weighted by Gasteiger charge is -2.27. The Kier molecular flexibility index (Phi) is 11.8. The first-order valence-corrected chi connectivity index (χ1v) is 24.0. The second kappa shape index (κ2) is 15.8. The molecule has 4 atom stereocenters. The minimum atomic E-state index is -1.30. The number of rotatable bonds is 16. The predicted molar refractivity (Wildman–Crippen MR) is 207 cm³/mol. The molecule has 9 nitrogen and oxygen atoms in total. The number of imidazole rings is 1. The highest BCUT2D eigenvalue weighted by Crippen LogP contribution is 2.61. The monoisotopic (exact) mass is 732 g/mol. The van der Waals surface area contributed by atoms with Crippen LogP contribution in [-0.4, -0.2) is 52.5 Å². The number of nitrogens with zero attached hydrogens (tertiary/aromatic N) is 3. The highest BCUT2D eigenvalue weighted by atomic mass is 28.3. The van der Waals surface area contributed by atoms with E-state index >= 15 is 0 Å². The summed E-state index contributed by atoms with van der Waals surface area (Å²) in [5, 5.41) is 3.50. The average molecular weight is 733 g/mol. The molecule has 2 aliphatic heterocycles. The maximum Gasteiger partial charge on any atom is 0.411 e.